The quantitative estimate of drug-likeness (QED) is 0.668. The molecule has 0 unspecified atom stereocenters. The Kier molecular flexibility index (Phi) is 4.68. The van der Waals surface area contributed by atoms with Crippen molar-refractivity contribution in [2.24, 2.45) is 0 Å². The van der Waals surface area contributed by atoms with Crippen molar-refractivity contribution in [1.29, 1.82) is 0 Å². The van der Waals surface area contributed by atoms with E-state index in [1.165, 1.54) is 11.8 Å². The van der Waals surface area contributed by atoms with Crippen LogP contribution in [-0.2, 0) is 0 Å². The summed E-state index contributed by atoms with van der Waals surface area (Å²) in [4.78, 5) is 17.4. The Bertz CT molecular complexity index is 558. The standard InChI is InChI=1S/C13H17N5S/c1-4-6-14-12-16-8-9(2)11(18-12)19-13-15-7-5-10(3)17-13/h5,7-8H,4,6H2,1-3H3,(H,14,16,18). The monoisotopic (exact) mass is 275 g/mol. The van der Waals surface area contributed by atoms with Crippen LogP contribution in [0.5, 0.6) is 0 Å². The van der Waals surface area contributed by atoms with Gasteiger partial charge in [0.2, 0.25) is 5.95 Å². The van der Waals surface area contributed by atoms with Gasteiger partial charge < -0.3 is 5.32 Å². The molecule has 0 amide bonds. The van der Waals surface area contributed by atoms with E-state index < -0.39 is 0 Å². The summed E-state index contributed by atoms with van der Waals surface area (Å²) < 4.78 is 0. The molecule has 0 aromatic carbocycles. The first-order valence-electron chi connectivity index (χ1n) is 6.24. The number of nitrogens with one attached hydrogen (secondary N) is 1. The van der Waals surface area contributed by atoms with Gasteiger partial charge in [-0.05, 0) is 38.1 Å². The number of aromatic nitrogens is 4. The second-order valence-electron chi connectivity index (χ2n) is 4.19. The van der Waals surface area contributed by atoms with Crippen LogP contribution in [0.2, 0.25) is 0 Å². The second-order valence-corrected chi connectivity index (χ2v) is 5.15. The molecule has 19 heavy (non-hydrogen) atoms. The minimum Gasteiger partial charge on any atom is -0.354 e. The van der Waals surface area contributed by atoms with E-state index in [4.69, 9.17) is 0 Å². The summed E-state index contributed by atoms with van der Waals surface area (Å²) in [5.41, 5.74) is 1.98. The molecule has 100 valence electrons. The summed E-state index contributed by atoms with van der Waals surface area (Å²) in [7, 11) is 0. The maximum atomic E-state index is 4.50. The molecule has 0 saturated heterocycles. The fraction of sp³-hybridized carbons (Fsp3) is 0.385. The maximum Gasteiger partial charge on any atom is 0.223 e. The molecule has 0 aliphatic rings. The minimum atomic E-state index is 0.655. The van der Waals surface area contributed by atoms with Crippen LogP contribution in [0.1, 0.15) is 24.6 Å². The van der Waals surface area contributed by atoms with Crippen LogP contribution in [0.15, 0.2) is 28.6 Å². The van der Waals surface area contributed by atoms with Crippen LogP contribution in [0.25, 0.3) is 0 Å². The molecular formula is C13H17N5S. The highest BCUT2D eigenvalue weighted by atomic mass is 32.2. The predicted molar refractivity (Wildman–Crippen MR) is 76.4 cm³/mol. The van der Waals surface area contributed by atoms with E-state index in [0.717, 1.165) is 29.2 Å². The van der Waals surface area contributed by atoms with Gasteiger partial charge in [-0.3, -0.25) is 0 Å². The molecule has 6 heteroatoms. The third-order valence-electron chi connectivity index (χ3n) is 2.42. The fourth-order valence-electron chi connectivity index (χ4n) is 1.41. The van der Waals surface area contributed by atoms with Crippen LogP contribution in [-0.4, -0.2) is 26.5 Å². The first-order chi connectivity index (χ1) is 9.19. The molecule has 0 saturated carbocycles. The van der Waals surface area contributed by atoms with Crippen molar-refractivity contribution < 1.29 is 0 Å². The summed E-state index contributed by atoms with van der Waals surface area (Å²) in [6.07, 6.45) is 4.63. The third-order valence-corrected chi connectivity index (χ3v) is 3.40. The molecule has 0 aliphatic heterocycles. The zero-order valence-electron chi connectivity index (χ0n) is 11.3. The van der Waals surface area contributed by atoms with Crippen LogP contribution in [0, 0.1) is 13.8 Å². The first kappa shape index (κ1) is 13.7. The molecular weight excluding hydrogens is 258 g/mol. The number of rotatable bonds is 5. The lowest BCUT2D eigenvalue weighted by molar-refractivity contribution is 0.908. The smallest absolute Gasteiger partial charge is 0.223 e. The minimum absolute atomic E-state index is 0.655. The summed E-state index contributed by atoms with van der Waals surface area (Å²) in [6.45, 7) is 6.92. The van der Waals surface area contributed by atoms with E-state index in [2.05, 4.69) is 32.2 Å². The van der Waals surface area contributed by atoms with E-state index in [1.54, 1.807) is 6.20 Å². The van der Waals surface area contributed by atoms with Gasteiger partial charge in [0.1, 0.15) is 5.03 Å². The highest BCUT2D eigenvalue weighted by molar-refractivity contribution is 7.99. The van der Waals surface area contributed by atoms with Gasteiger partial charge in [-0.15, -0.1) is 0 Å². The third kappa shape index (κ3) is 3.89. The van der Waals surface area contributed by atoms with Crippen molar-refractivity contribution in [2.45, 2.75) is 37.4 Å². The lowest BCUT2D eigenvalue weighted by Crippen LogP contribution is -2.05. The Labute approximate surface area is 117 Å². The lowest BCUT2D eigenvalue weighted by atomic mass is 10.4. The lowest BCUT2D eigenvalue weighted by Gasteiger charge is -2.07. The normalized spacial score (nSPS) is 10.5. The molecule has 0 aliphatic carbocycles. The summed E-state index contributed by atoms with van der Waals surface area (Å²) in [6, 6.07) is 1.88. The SMILES string of the molecule is CCCNc1ncc(C)c(Sc2nccc(C)n2)n1. The molecule has 1 N–H and O–H groups in total. The van der Waals surface area contributed by atoms with Gasteiger partial charge >= 0.3 is 0 Å². The maximum absolute atomic E-state index is 4.50. The fourth-order valence-corrected chi connectivity index (χ4v) is 2.24. The van der Waals surface area contributed by atoms with Crippen molar-refractivity contribution in [1.82, 2.24) is 19.9 Å². The van der Waals surface area contributed by atoms with Crippen molar-refractivity contribution in [3.8, 4) is 0 Å². The molecule has 0 fully saturated rings. The van der Waals surface area contributed by atoms with Gasteiger partial charge in [0, 0.05) is 30.2 Å². The zero-order valence-corrected chi connectivity index (χ0v) is 12.2. The molecule has 2 heterocycles. The Balaban J connectivity index is 2.19. The number of hydrogen-bond acceptors (Lipinski definition) is 6. The highest BCUT2D eigenvalue weighted by Crippen LogP contribution is 2.26. The Morgan fingerprint density at radius 2 is 2.05 bits per heavy atom. The van der Waals surface area contributed by atoms with Gasteiger partial charge in [0.15, 0.2) is 5.16 Å². The average Bonchev–Trinajstić information content (AvgIpc) is 2.40. The molecule has 0 bridgehead atoms. The first-order valence-corrected chi connectivity index (χ1v) is 7.05. The van der Waals surface area contributed by atoms with Crippen LogP contribution < -0.4 is 5.32 Å². The van der Waals surface area contributed by atoms with Crippen LogP contribution in [0.4, 0.5) is 5.95 Å². The molecule has 0 spiro atoms. The van der Waals surface area contributed by atoms with Gasteiger partial charge in [0.05, 0.1) is 0 Å². The summed E-state index contributed by atoms with van der Waals surface area (Å²) >= 11 is 1.46. The molecule has 0 radical (unpaired) electrons. The van der Waals surface area contributed by atoms with Crippen LogP contribution in [0.3, 0.4) is 0 Å². The van der Waals surface area contributed by atoms with Gasteiger partial charge in [0.25, 0.3) is 0 Å². The van der Waals surface area contributed by atoms with Gasteiger partial charge in [-0.2, -0.15) is 0 Å². The topological polar surface area (TPSA) is 63.6 Å². The van der Waals surface area contributed by atoms with Crippen molar-refractivity contribution in [3.63, 3.8) is 0 Å². The van der Waals surface area contributed by atoms with E-state index >= 15 is 0 Å². The number of hydrogen-bond donors (Lipinski definition) is 1. The second kappa shape index (κ2) is 6.47. The average molecular weight is 275 g/mol. The largest absolute Gasteiger partial charge is 0.354 e. The highest BCUT2D eigenvalue weighted by Gasteiger charge is 2.07. The Morgan fingerprint density at radius 1 is 1.21 bits per heavy atom. The zero-order chi connectivity index (χ0) is 13.7. The molecule has 2 rings (SSSR count). The molecule has 5 nitrogen and oxygen atoms in total. The van der Waals surface area contributed by atoms with E-state index in [0.29, 0.717) is 11.1 Å². The summed E-state index contributed by atoms with van der Waals surface area (Å²) in [5, 5.41) is 4.78. The van der Waals surface area contributed by atoms with Gasteiger partial charge in [-0.1, -0.05) is 6.92 Å². The molecule has 2 aromatic heterocycles. The van der Waals surface area contributed by atoms with E-state index in [1.807, 2.05) is 26.1 Å². The van der Waals surface area contributed by atoms with Gasteiger partial charge in [-0.25, -0.2) is 19.9 Å². The van der Waals surface area contributed by atoms with Crippen molar-refractivity contribution in [3.05, 3.63) is 29.7 Å². The predicted octanol–water partition coefficient (Wildman–Crippen LogP) is 2.86. The summed E-state index contributed by atoms with van der Waals surface area (Å²) in [5.74, 6) is 0.655. The van der Waals surface area contributed by atoms with E-state index in [-0.39, 0.29) is 0 Å². The van der Waals surface area contributed by atoms with Crippen LogP contribution >= 0.6 is 11.8 Å². The Hall–Kier alpha value is -1.69. The number of aryl methyl sites for hydroxylation is 2. The van der Waals surface area contributed by atoms with E-state index in [9.17, 15) is 0 Å². The number of nitrogens with zero attached hydrogens (tertiary/aromatic N) is 4. The van der Waals surface area contributed by atoms with Crippen molar-refractivity contribution >= 4 is 17.7 Å². The molecule has 2 aromatic rings. The number of anilines is 1. The van der Waals surface area contributed by atoms with Crippen molar-refractivity contribution in [2.75, 3.05) is 11.9 Å². The Morgan fingerprint density at radius 3 is 2.79 bits per heavy atom. The molecule has 0 atom stereocenters.